The monoisotopic (exact) mass is 548 g/mol. The predicted octanol–water partition coefficient (Wildman–Crippen LogP) is 1.53. The molecule has 4 N–H and O–H groups in total. The standard InChI is InChI=1S/C28H36N8O4/c37-27(38)19-35-13-9-33(17-25-21-5-1-3-7-23(21)29-31-25)10-14-36(20-28(39)40)16-12-34(11-15-35)18-26-22-6-2-4-8-24(22)30-32-26/h1-8H,9-20H2,(H,29,31)(H,30,32)(H,37,38)(H,39,40). The smallest absolute Gasteiger partial charge is 0.317 e. The molecule has 4 aromatic rings. The highest BCUT2D eigenvalue weighted by Gasteiger charge is 2.21. The van der Waals surface area contributed by atoms with E-state index in [-0.39, 0.29) is 13.1 Å². The number of carboxylic acid groups (broad SMARTS) is 2. The van der Waals surface area contributed by atoms with E-state index in [9.17, 15) is 19.8 Å². The van der Waals surface area contributed by atoms with Crippen molar-refractivity contribution in [3.8, 4) is 0 Å². The number of nitrogens with one attached hydrogen (secondary N) is 2. The van der Waals surface area contributed by atoms with E-state index in [1.54, 1.807) is 0 Å². The molecule has 1 aliphatic heterocycles. The van der Waals surface area contributed by atoms with Crippen LogP contribution in [0.25, 0.3) is 21.8 Å². The molecule has 3 heterocycles. The Labute approximate surface area is 232 Å². The van der Waals surface area contributed by atoms with Crippen LogP contribution in [-0.4, -0.2) is 128 Å². The normalized spacial score (nSPS) is 17.6. The van der Waals surface area contributed by atoms with Gasteiger partial charge in [-0.05, 0) is 12.1 Å². The Balaban J connectivity index is 1.33. The van der Waals surface area contributed by atoms with E-state index in [1.165, 1.54) is 0 Å². The summed E-state index contributed by atoms with van der Waals surface area (Å²) in [7, 11) is 0. The fourth-order valence-electron chi connectivity index (χ4n) is 5.31. The lowest BCUT2D eigenvalue weighted by Crippen LogP contribution is -2.47. The third kappa shape index (κ3) is 7.21. The second-order valence-electron chi connectivity index (χ2n) is 10.3. The molecule has 0 unspecified atom stereocenters. The first kappa shape index (κ1) is 27.7. The number of aliphatic carboxylic acids is 2. The minimum Gasteiger partial charge on any atom is -0.480 e. The van der Waals surface area contributed by atoms with Crippen LogP contribution < -0.4 is 0 Å². The fourth-order valence-corrected chi connectivity index (χ4v) is 5.31. The Hall–Kier alpha value is -3.84. The van der Waals surface area contributed by atoms with Crippen LogP contribution in [0, 0.1) is 0 Å². The molecule has 0 aliphatic carbocycles. The number of carbonyl (C=O) groups is 2. The molecule has 1 fully saturated rings. The molecular formula is C28H36N8O4. The number of nitrogens with zero attached hydrogens (tertiary/aromatic N) is 6. The van der Waals surface area contributed by atoms with Gasteiger partial charge in [-0.1, -0.05) is 36.4 Å². The minimum absolute atomic E-state index is 0.0349. The second kappa shape index (κ2) is 13.0. The highest BCUT2D eigenvalue weighted by Crippen LogP contribution is 2.18. The number of H-pyrrole nitrogens is 2. The highest BCUT2D eigenvalue weighted by atomic mass is 16.4. The van der Waals surface area contributed by atoms with Crippen LogP contribution in [0.3, 0.4) is 0 Å². The van der Waals surface area contributed by atoms with Gasteiger partial charge in [-0.25, -0.2) is 0 Å². The second-order valence-corrected chi connectivity index (χ2v) is 10.3. The molecule has 0 radical (unpaired) electrons. The van der Waals surface area contributed by atoms with Crippen LogP contribution in [-0.2, 0) is 22.7 Å². The number of rotatable bonds is 8. The van der Waals surface area contributed by atoms with Crippen molar-refractivity contribution in [2.45, 2.75) is 13.1 Å². The van der Waals surface area contributed by atoms with Crippen molar-refractivity contribution in [2.75, 3.05) is 65.4 Å². The maximum atomic E-state index is 11.7. The fraction of sp³-hybridized carbons (Fsp3) is 0.429. The summed E-state index contributed by atoms with van der Waals surface area (Å²) < 4.78 is 0. The van der Waals surface area contributed by atoms with Crippen molar-refractivity contribution in [3.05, 3.63) is 59.9 Å². The van der Waals surface area contributed by atoms with E-state index in [1.807, 2.05) is 58.3 Å². The molecule has 1 aliphatic rings. The molecule has 5 rings (SSSR count). The Morgan fingerprint density at radius 2 is 0.950 bits per heavy atom. The molecule has 0 amide bonds. The Morgan fingerprint density at radius 1 is 0.600 bits per heavy atom. The molecule has 12 nitrogen and oxygen atoms in total. The first-order valence-corrected chi connectivity index (χ1v) is 13.6. The van der Waals surface area contributed by atoms with Crippen molar-refractivity contribution in [1.29, 1.82) is 0 Å². The van der Waals surface area contributed by atoms with Crippen LogP contribution in [0.5, 0.6) is 0 Å². The van der Waals surface area contributed by atoms with Gasteiger partial charge in [-0.15, -0.1) is 0 Å². The van der Waals surface area contributed by atoms with E-state index in [0.717, 1.165) is 33.2 Å². The lowest BCUT2D eigenvalue weighted by atomic mass is 10.2. The van der Waals surface area contributed by atoms with Gasteiger partial charge in [0, 0.05) is 76.2 Å². The average molecular weight is 549 g/mol. The third-order valence-electron chi connectivity index (χ3n) is 7.49. The molecule has 2 aromatic heterocycles. The summed E-state index contributed by atoms with van der Waals surface area (Å²) >= 11 is 0. The molecule has 0 saturated carbocycles. The molecule has 0 spiro atoms. The largest absolute Gasteiger partial charge is 0.480 e. The molecular weight excluding hydrogens is 512 g/mol. The van der Waals surface area contributed by atoms with E-state index >= 15 is 0 Å². The van der Waals surface area contributed by atoms with Crippen LogP contribution >= 0.6 is 0 Å². The van der Waals surface area contributed by atoms with E-state index in [2.05, 4.69) is 30.2 Å². The van der Waals surface area contributed by atoms with Gasteiger partial charge in [0.25, 0.3) is 0 Å². The van der Waals surface area contributed by atoms with Gasteiger partial charge in [-0.2, -0.15) is 10.2 Å². The van der Waals surface area contributed by atoms with E-state index in [4.69, 9.17) is 0 Å². The average Bonchev–Trinajstić information content (AvgIpc) is 3.53. The summed E-state index contributed by atoms with van der Waals surface area (Å²) in [6.07, 6.45) is 0. The summed E-state index contributed by atoms with van der Waals surface area (Å²) in [5.74, 6) is -1.70. The zero-order chi connectivity index (χ0) is 27.9. The number of hydrogen-bond acceptors (Lipinski definition) is 8. The summed E-state index contributed by atoms with van der Waals surface area (Å²) in [6.45, 7) is 6.06. The van der Waals surface area contributed by atoms with Crippen LogP contribution in [0.15, 0.2) is 48.5 Å². The van der Waals surface area contributed by atoms with E-state index < -0.39 is 11.9 Å². The Morgan fingerprint density at radius 3 is 1.32 bits per heavy atom. The SMILES string of the molecule is O=C(O)CN1CCN(Cc2[nH]nc3ccccc23)CCN(CC(=O)O)CCN(Cc2[nH]nc3ccccc23)CC1. The lowest BCUT2D eigenvalue weighted by molar-refractivity contribution is -0.139. The van der Waals surface area contributed by atoms with E-state index in [0.29, 0.717) is 65.4 Å². The number of aromatic nitrogens is 4. The Bertz CT molecular complexity index is 1310. The van der Waals surface area contributed by atoms with Crippen molar-refractivity contribution in [2.24, 2.45) is 0 Å². The number of fused-ring (bicyclic) bond motifs is 2. The molecule has 2 aromatic carbocycles. The molecule has 12 heteroatoms. The summed E-state index contributed by atoms with van der Waals surface area (Å²) in [5, 5.41) is 36.4. The van der Waals surface area contributed by atoms with Gasteiger partial charge in [0.05, 0.1) is 35.5 Å². The van der Waals surface area contributed by atoms with Crippen molar-refractivity contribution < 1.29 is 19.8 Å². The zero-order valence-electron chi connectivity index (χ0n) is 22.5. The van der Waals surface area contributed by atoms with Crippen molar-refractivity contribution in [3.63, 3.8) is 0 Å². The first-order valence-electron chi connectivity index (χ1n) is 13.6. The van der Waals surface area contributed by atoms with Crippen molar-refractivity contribution in [1.82, 2.24) is 40.0 Å². The van der Waals surface area contributed by atoms with Crippen LogP contribution in [0.4, 0.5) is 0 Å². The number of aromatic amines is 2. The zero-order valence-corrected chi connectivity index (χ0v) is 22.5. The lowest BCUT2D eigenvalue weighted by Gasteiger charge is -2.33. The number of para-hydroxylation sites is 2. The third-order valence-corrected chi connectivity index (χ3v) is 7.49. The van der Waals surface area contributed by atoms with Gasteiger partial charge in [0.15, 0.2) is 0 Å². The Kier molecular flexibility index (Phi) is 9.01. The van der Waals surface area contributed by atoms with Gasteiger partial charge < -0.3 is 10.2 Å². The maximum Gasteiger partial charge on any atom is 0.317 e. The van der Waals surface area contributed by atoms with Gasteiger partial charge in [-0.3, -0.25) is 39.4 Å². The number of carboxylic acids is 2. The number of benzene rings is 2. The minimum atomic E-state index is -0.850. The topological polar surface area (TPSA) is 145 Å². The summed E-state index contributed by atoms with van der Waals surface area (Å²) in [6, 6.07) is 15.9. The molecule has 0 bridgehead atoms. The maximum absolute atomic E-state index is 11.7. The van der Waals surface area contributed by atoms with Crippen LogP contribution in [0.1, 0.15) is 11.4 Å². The molecule has 1 saturated heterocycles. The van der Waals surface area contributed by atoms with Crippen molar-refractivity contribution >= 4 is 33.7 Å². The van der Waals surface area contributed by atoms with Gasteiger partial charge in [0.1, 0.15) is 0 Å². The molecule has 0 atom stereocenters. The predicted molar refractivity (Wildman–Crippen MR) is 151 cm³/mol. The molecule has 40 heavy (non-hydrogen) atoms. The highest BCUT2D eigenvalue weighted by molar-refractivity contribution is 5.81. The quantitative estimate of drug-likeness (QED) is 0.256. The summed E-state index contributed by atoms with van der Waals surface area (Å²) in [4.78, 5) is 31.9. The van der Waals surface area contributed by atoms with Gasteiger partial charge in [0.2, 0.25) is 0 Å². The number of hydrogen-bond donors (Lipinski definition) is 4. The van der Waals surface area contributed by atoms with Gasteiger partial charge >= 0.3 is 11.9 Å². The molecule has 212 valence electrons. The first-order chi connectivity index (χ1) is 19.4. The summed E-state index contributed by atoms with van der Waals surface area (Å²) in [5.41, 5.74) is 3.79. The van der Waals surface area contributed by atoms with Crippen LogP contribution in [0.2, 0.25) is 0 Å².